The number of nitrogens with zero attached hydrogens (tertiary/aromatic N) is 3. The molecule has 2 heterocycles. The van der Waals surface area contributed by atoms with Crippen LogP contribution in [0, 0.1) is 5.41 Å². The quantitative estimate of drug-likeness (QED) is 0.891. The number of fused-ring (bicyclic) bond motifs is 1. The second-order valence-electron chi connectivity index (χ2n) is 7.19. The van der Waals surface area contributed by atoms with Crippen molar-refractivity contribution < 1.29 is 5.11 Å². The number of nitrogens with one attached hydrogen (secondary N) is 1. The summed E-state index contributed by atoms with van der Waals surface area (Å²) in [7, 11) is 0. The first-order valence-electron chi connectivity index (χ1n) is 7.63. The van der Waals surface area contributed by atoms with E-state index in [0.29, 0.717) is 0 Å². The van der Waals surface area contributed by atoms with Crippen molar-refractivity contribution in [1.82, 2.24) is 14.6 Å². The second kappa shape index (κ2) is 5.25. The molecule has 0 amide bonds. The lowest BCUT2D eigenvalue weighted by molar-refractivity contribution is 0.102. The smallest absolute Gasteiger partial charge is 0.214 e. The highest BCUT2D eigenvalue weighted by atomic mass is 32.1. The minimum absolute atomic E-state index is 0.0537. The molecule has 2 aromatic heterocycles. The Balaban J connectivity index is 1.69. The third-order valence-corrected chi connectivity index (χ3v) is 5.36. The molecule has 0 spiro atoms. The van der Waals surface area contributed by atoms with Crippen LogP contribution in [0.2, 0.25) is 0 Å². The first-order chi connectivity index (χ1) is 9.92. The fourth-order valence-electron chi connectivity index (χ4n) is 2.83. The molecule has 21 heavy (non-hydrogen) atoms. The lowest BCUT2D eigenvalue weighted by Crippen LogP contribution is -2.37. The molecular formula is C15H24N4OS. The van der Waals surface area contributed by atoms with Gasteiger partial charge in [-0.3, -0.25) is 0 Å². The fourth-order valence-corrected chi connectivity index (χ4v) is 3.60. The number of anilines is 1. The molecule has 0 unspecified atom stereocenters. The van der Waals surface area contributed by atoms with Gasteiger partial charge in [0.15, 0.2) is 0 Å². The molecule has 3 rings (SSSR count). The van der Waals surface area contributed by atoms with E-state index in [1.54, 1.807) is 11.3 Å². The van der Waals surface area contributed by atoms with Crippen LogP contribution < -0.4 is 5.32 Å². The topological polar surface area (TPSA) is 62.5 Å². The largest absolute Gasteiger partial charge is 0.396 e. The summed E-state index contributed by atoms with van der Waals surface area (Å²) in [5.74, 6) is 0. The second-order valence-corrected chi connectivity index (χ2v) is 8.15. The van der Waals surface area contributed by atoms with E-state index in [9.17, 15) is 5.11 Å². The van der Waals surface area contributed by atoms with Crippen molar-refractivity contribution in [3.05, 3.63) is 11.9 Å². The molecule has 0 radical (unpaired) electrons. The first-order valence-corrected chi connectivity index (χ1v) is 8.45. The SMILES string of the molecule is CC(C)(C)c1cn2nc(NCC3(CCO)CCC3)sc2n1. The van der Waals surface area contributed by atoms with Gasteiger partial charge in [-0.25, -0.2) is 9.50 Å². The van der Waals surface area contributed by atoms with Crippen LogP contribution in [0.5, 0.6) is 0 Å². The van der Waals surface area contributed by atoms with Crippen LogP contribution in [-0.2, 0) is 5.41 Å². The maximum Gasteiger partial charge on any atom is 0.214 e. The van der Waals surface area contributed by atoms with Crippen LogP contribution >= 0.6 is 11.3 Å². The van der Waals surface area contributed by atoms with Gasteiger partial charge >= 0.3 is 0 Å². The zero-order chi connectivity index (χ0) is 15.1. The van der Waals surface area contributed by atoms with Crippen LogP contribution in [0.15, 0.2) is 6.20 Å². The van der Waals surface area contributed by atoms with Crippen LogP contribution in [0.1, 0.15) is 52.1 Å². The fraction of sp³-hybridized carbons (Fsp3) is 0.733. The Hall–Kier alpha value is -1.14. The number of hydrogen-bond donors (Lipinski definition) is 2. The monoisotopic (exact) mass is 308 g/mol. The van der Waals surface area contributed by atoms with Crippen LogP contribution in [0.25, 0.3) is 4.96 Å². The van der Waals surface area contributed by atoms with Gasteiger partial charge in [-0.2, -0.15) is 0 Å². The molecule has 0 bridgehead atoms. The van der Waals surface area contributed by atoms with E-state index in [2.05, 4.69) is 36.2 Å². The average Bonchev–Trinajstić information content (AvgIpc) is 2.89. The van der Waals surface area contributed by atoms with Crippen LogP contribution in [-0.4, -0.2) is 32.9 Å². The van der Waals surface area contributed by atoms with E-state index < -0.39 is 0 Å². The Morgan fingerprint density at radius 2 is 2.19 bits per heavy atom. The summed E-state index contributed by atoms with van der Waals surface area (Å²) < 4.78 is 1.87. The number of aliphatic hydroxyl groups excluding tert-OH is 1. The Kier molecular flexibility index (Phi) is 3.69. The first kappa shape index (κ1) is 14.8. The number of hydrogen-bond acceptors (Lipinski definition) is 5. The summed E-state index contributed by atoms with van der Waals surface area (Å²) in [5.41, 5.74) is 1.40. The molecule has 116 valence electrons. The molecule has 5 nitrogen and oxygen atoms in total. The highest BCUT2D eigenvalue weighted by Gasteiger charge is 2.36. The molecule has 2 N–H and O–H groups in total. The summed E-state index contributed by atoms with van der Waals surface area (Å²) in [5, 5.41) is 18.1. The third-order valence-electron chi connectivity index (χ3n) is 4.48. The molecular weight excluding hydrogens is 284 g/mol. The molecule has 0 aromatic carbocycles. The predicted octanol–water partition coefficient (Wildman–Crippen LogP) is 3.05. The van der Waals surface area contributed by atoms with Crippen molar-refractivity contribution in [3.8, 4) is 0 Å². The average molecular weight is 308 g/mol. The summed E-state index contributed by atoms with van der Waals surface area (Å²) in [4.78, 5) is 5.60. The molecule has 6 heteroatoms. The van der Waals surface area contributed by atoms with Crippen molar-refractivity contribution in [3.63, 3.8) is 0 Å². The Labute approximate surface area is 129 Å². The Bertz CT molecular complexity index is 590. The summed E-state index contributed by atoms with van der Waals surface area (Å²) >= 11 is 1.59. The van der Waals surface area contributed by atoms with Gasteiger partial charge in [0.25, 0.3) is 0 Å². The van der Waals surface area contributed by atoms with E-state index >= 15 is 0 Å². The minimum Gasteiger partial charge on any atom is -0.396 e. The van der Waals surface area contributed by atoms with E-state index in [0.717, 1.165) is 28.8 Å². The van der Waals surface area contributed by atoms with Crippen molar-refractivity contribution in [1.29, 1.82) is 0 Å². The van der Waals surface area contributed by atoms with Crippen molar-refractivity contribution in [2.45, 2.75) is 51.9 Å². The lowest BCUT2D eigenvalue weighted by Gasteiger charge is -2.41. The summed E-state index contributed by atoms with van der Waals surface area (Å²) in [6.07, 6.45) is 6.59. The standard InChI is InChI=1S/C15H24N4OS/c1-14(2,3)11-9-19-13(17-11)21-12(18-19)16-10-15(7-8-20)5-4-6-15/h9,20H,4-8,10H2,1-3H3,(H,16,18). The number of imidazole rings is 1. The summed E-state index contributed by atoms with van der Waals surface area (Å²) in [6, 6.07) is 0. The normalized spacial score (nSPS) is 17.9. The summed E-state index contributed by atoms with van der Waals surface area (Å²) in [6.45, 7) is 7.66. The molecule has 0 aliphatic heterocycles. The molecule has 1 aliphatic carbocycles. The molecule has 1 saturated carbocycles. The van der Waals surface area contributed by atoms with Gasteiger partial charge in [0, 0.05) is 18.6 Å². The van der Waals surface area contributed by atoms with Gasteiger partial charge < -0.3 is 10.4 Å². The van der Waals surface area contributed by atoms with Crippen molar-refractivity contribution >= 4 is 21.4 Å². The maximum atomic E-state index is 9.20. The predicted molar refractivity (Wildman–Crippen MR) is 86.0 cm³/mol. The van der Waals surface area contributed by atoms with Gasteiger partial charge in [0.1, 0.15) is 0 Å². The van der Waals surface area contributed by atoms with Crippen LogP contribution in [0.3, 0.4) is 0 Å². The number of aromatic nitrogens is 3. The van der Waals surface area contributed by atoms with Gasteiger partial charge in [0.05, 0.1) is 11.9 Å². The van der Waals surface area contributed by atoms with Crippen LogP contribution in [0.4, 0.5) is 5.13 Å². The zero-order valence-electron chi connectivity index (χ0n) is 13.0. The van der Waals surface area contributed by atoms with E-state index in [1.165, 1.54) is 19.3 Å². The third kappa shape index (κ3) is 2.92. The molecule has 0 saturated heterocycles. The van der Waals surface area contributed by atoms with Gasteiger partial charge in [0.2, 0.25) is 10.1 Å². The van der Waals surface area contributed by atoms with Gasteiger partial charge in [-0.15, -0.1) is 5.10 Å². The van der Waals surface area contributed by atoms with Crippen molar-refractivity contribution in [2.75, 3.05) is 18.5 Å². The number of aliphatic hydroxyl groups is 1. The zero-order valence-corrected chi connectivity index (χ0v) is 13.8. The maximum absolute atomic E-state index is 9.20. The minimum atomic E-state index is 0.0537. The Morgan fingerprint density at radius 3 is 2.71 bits per heavy atom. The van der Waals surface area contributed by atoms with Gasteiger partial charge in [-0.05, 0) is 24.7 Å². The molecule has 2 aromatic rings. The molecule has 1 aliphatic rings. The highest BCUT2D eigenvalue weighted by molar-refractivity contribution is 7.20. The van der Waals surface area contributed by atoms with E-state index in [4.69, 9.17) is 0 Å². The van der Waals surface area contributed by atoms with E-state index in [-0.39, 0.29) is 17.4 Å². The van der Waals surface area contributed by atoms with Gasteiger partial charge in [-0.1, -0.05) is 38.5 Å². The Morgan fingerprint density at radius 1 is 1.43 bits per heavy atom. The highest BCUT2D eigenvalue weighted by Crippen LogP contribution is 2.43. The molecule has 0 atom stereocenters. The molecule has 1 fully saturated rings. The number of rotatable bonds is 5. The lowest BCUT2D eigenvalue weighted by atomic mass is 9.67. The van der Waals surface area contributed by atoms with E-state index in [1.807, 2.05) is 10.7 Å². The van der Waals surface area contributed by atoms with Crippen molar-refractivity contribution in [2.24, 2.45) is 5.41 Å².